The molecular weight excluding hydrogens is 166 g/mol. The van der Waals surface area contributed by atoms with Crippen LogP contribution in [-0.2, 0) is 4.74 Å². The Bertz CT molecular complexity index is 115. The van der Waals surface area contributed by atoms with Crippen LogP contribution in [0.25, 0.3) is 0 Å². The minimum atomic E-state index is 0.134. The minimum Gasteiger partial charge on any atom is -0.394 e. The maximum Gasteiger partial charge on any atom is 0.0697 e. The SMILES string of the molecule is OCCOCCCNCCC1CC1. The Balaban J connectivity index is 1.63. The molecule has 2 N–H and O–H groups in total. The van der Waals surface area contributed by atoms with Gasteiger partial charge in [0.05, 0.1) is 13.2 Å². The van der Waals surface area contributed by atoms with Gasteiger partial charge < -0.3 is 15.2 Å². The second-order valence-corrected chi connectivity index (χ2v) is 3.67. The van der Waals surface area contributed by atoms with Crippen LogP contribution in [0.5, 0.6) is 0 Å². The number of aliphatic hydroxyl groups is 1. The Hall–Kier alpha value is -0.120. The molecule has 0 atom stereocenters. The molecule has 1 aliphatic carbocycles. The van der Waals surface area contributed by atoms with Gasteiger partial charge in [-0.3, -0.25) is 0 Å². The zero-order valence-electron chi connectivity index (χ0n) is 8.30. The molecule has 0 amide bonds. The van der Waals surface area contributed by atoms with Gasteiger partial charge in [0.15, 0.2) is 0 Å². The molecule has 3 nitrogen and oxygen atoms in total. The Labute approximate surface area is 80.5 Å². The molecule has 0 aromatic heterocycles. The molecule has 0 unspecified atom stereocenters. The van der Waals surface area contributed by atoms with E-state index < -0.39 is 0 Å². The smallest absolute Gasteiger partial charge is 0.0697 e. The first-order chi connectivity index (χ1) is 6.43. The molecule has 0 aromatic rings. The van der Waals surface area contributed by atoms with Crippen LogP contribution in [0, 0.1) is 5.92 Å². The molecule has 0 aliphatic heterocycles. The fraction of sp³-hybridized carbons (Fsp3) is 1.00. The summed E-state index contributed by atoms with van der Waals surface area (Å²) in [4.78, 5) is 0. The molecule has 0 heterocycles. The number of hydrogen-bond donors (Lipinski definition) is 2. The van der Waals surface area contributed by atoms with E-state index in [4.69, 9.17) is 9.84 Å². The summed E-state index contributed by atoms with van der Waals surface area (Å²) in [7, 11) is 0. The fourth-order valence-electron chi connectivity index (χ4n) is 1.30. The van der Waals surface area contributed by atoms with Gasteiger partial charge in [-0.1, -0.05) is 12.8 Å². The highest BCUT2D eigenvalue weighted by Gasteiger charge is 2.19. The van der Waals surface area contributed by atoms with Crippen LogP contribution in [0.15, 0.2) is 0 Å². The molecular formula is C10H21NO2. The molecule has 0 spiro atoms. The highest BCUT2D eigenvalue weighted by Crippen LogP contribution is 2.31. The molecule has 1 fully saturated rings. The molecule has 1 rings (SSSR count). The van der Waals surface area contributed by atoms with Crippen LogP contribution in [0.3, 0.4) is 0 Å². The lowest BCUT2D eigenvalue weighted by atomic mass is 10.3. The van der Waals surface area contributed by atoms with Crippen molar-refractivity contribution < 1.29 is 9.84 Å². The van der Waals surface area contributed by atoms with E-state index >= 15 is 0 Å². The van der Waals surface area contributed by atoms with Crippen LogP contribution in [0.4, 0.5) is 0 Å². The van der Waals surface area contributed by atoms with Crippen molar-refractivity contribution in [1.82, 2.24) is 5.32 Å². The van der Waals surface area contributed by atoms with Crippen molar-refractivity contribution in [2.45, 2.75) is 25.7 Å². The first kappa shape index (κ1) is 11.0. The summed E-state index contributed by atoms with van der Waals surface area (Å²) >= 11 is 0. The third-order valence-electron chi connectivity index (χ3n) is 2.30. The third kappa shape index (κ3) is 6.99. The summed E-state index contributed by atoms with van der Waals surface area (Å²) < 4.78 is 5.13. The lowest BCUT2D eigenvalue weighted by molar-refractivity contribution is 0.0907. The van der Waals surface area contributed by atoms with E-state index in [1.54, 1.807) is 0 Å². The van der Waals surface area contributed by atoms with E-state index in [-0.39, 0.29) is 6.61 Å². The molecule has 0 bridgehead atoms. The van der Waals surface area contributed by atoms with Gasteiger partial charge in [-0.25, -0.2) is 0 Å². The largest absolute Gasteiger partial charge is 0.394 e. The zero-order valence-corrected chi connectivity index (χ0v) is 8.30. The zero-order chi connectivity index (χ0) is 9.36. The maximum absolute atomic E-state index is 8.43. The van der Waals surface area contributed by atoms with E-state index in [2.05, 4.69) is 5.32 Å². The quantitative estimate of drug-likeness (QED) is 0.524. The molecule has 0 radical (unpaired) electrons. The van der Waals surface area contributed by atoms with Gasteiger partial charge in [0.1, 0.15) is 0 Å². The first-order valence-corrected chi connectivity index (χ1v) is 5.33. The van der Waals surface area contributed by atoms with Crippen molar-refractivity contribution in [3.05, 3.63) is 0 Å². The normalized spacial score (nSPS) is 16.4. The van der Waals surface area contributed by atoms with Gasteiger partial charge in [-0.15, -0.1) is 0 Å². The monoisotopic (exact) mass is 187 g/mol. The van der Waals surface area contributed by atoms with Crippen LogP contribution in [0.2, 0.25) is 0 Å². The average Bonchev–Trinajstić information content (AvgIpc) is 2.93. The molecule has 1 saturated carbocycles. The molecule has 0 aromatic carbocycles. The van der Waals surface area contributed by atoms with Crippen molar-refractivity contribution in [1.29, 1.82) is 0 Å². The third-order valence-corrected chi connectivity index (χ3v) is 2.30. The number of rotatable bonds is 9. The predicted molar refractivity (Wildman–Crippen MR) is 52.7 cm³/mol. The summed E-state index contributed by atoms with van der Waals surface area (Å²) in [5.41, 5.74) is 0. The topological polar surface area (TPSA) is 41.5 Å². The minimum absolute atomic E-state index is 0.134. The number of hydrogen-bond acceptors (Lipinski definition) is 3. The molecule has 78 valence electrons. The van der Waals surface area contributed by atoms with Crippen LogP contribution in [0.1, 0.15) is 25.7 Å². The number of ether oxygens (including phenoxy) is 1. The Morgan fingerprint density at radius 1 is 1.23 bits per heavy atom. The molecule has 13 heavy (non-hydrogen) atoms. The van der Waals surface area contributed by atoms with E-state index in [1.807, 2.05) is 0 Å². The molecule has 0 saturated heterocycles. The number of aliphatic hydroxyl groups excluding tert-OH is 1. The van der Waals surface area contributed by atoms with Crippen LogP contribution < -0.4 is 5.32 Å². The first-order valence-electron chi connectivity index (χ1n) is 5.33. The Kier molecular flexibility index (Phi) is 6.15. The Morgan fingerprint density at radius 2 is 2.08 bits per heavy atom. The van der Waals surface area contributed by atoms with Crippen LogP contribution >= 0.6 is 0 Å². The van der Waals surface area contributed by atoms with E-state index in [0.29, 0.717) is 6.61 Å². The van der Waals surface area contributed by atoms with Crippen molar-refractivity contribution in [3.63, 3.8) is 0 Å². The second-order valence-electron chi connectivity index (χ2n) is 3.67. The van der Waals surface area contributed by atoms with Gasteiger partial charge in [0.25, 0.3) is 0 Å². The van der Waals surface area contributed by atoms with Crippen LogP contribution in [-0.4, -0.2) is 38.0 Å². The summed E-state index contributed by atoms with van der Waals surface area (Å²) in [5, 5.41) is 11.8. The summed E-state index contributed by atoms with van der Waals surface area (Å²) in [6.07, 6.45) is 5.28. The van der Waals surface area contributed by atoms with Gasteiger partial charge in [0.2, 0.25) is 0 Å². The molecule has 1 aliphatic rings. The fourth-order valence-corrected chi connectivity index (χ4v) is 1.30. The summed E-state index contributed by atoms with van der Waals surface area (Å²) in [6, 6.07) is 0. The highest BCUT2D eigenvalue weighted by molar-refractivity contribution is 4.73. The average molecular weight is 187 g/mol. The number of nitrogens with one attached hydrogen (secondary N) is 1. The maximum atomic E-state index is 8.43. The predicted octanol–water partition coefficient (Wildman–Crippen LogP) is 0.775. The van der Waals surface area contributed by atoms with Gasteiger partial charge >= 0.3 is 0 Å². The Morgan fingerprint density at radius 3 is 2.77 bits per heavy atom. The van der Waals surface area contributed by atoms with Crippen molar-refractivity contribution >= 4 is 0 Å². The van der Waals surface area contributed by atoms with Gasteiger partial charge in [-0.2, -0.15) is 0 Å². The van der Waals surface area contributed by atoms with E-state index in [9.17, 15) is 0 Å². The van der Waals surface area contributed by atoms with Crippen molar-refractivity contribution in [3.8, 4) is 0 Å². The second kappa shape index (κ2) is 7.30. The standard InChI is InChI=1S/C10H21NO2/c12-7-9-13-8-1-5-11-6-4-10-2-3-10/h10-12H,1-9H2. The lowest BCUT2D eigenvalue weighted by Crippen LogP contribution is -2.18. The lowest BCUT2D eigenvalue weighted by Gasteiger charge is -2.04. The van der Waals surface area contributed by atoms with Crippen molar-refractivity contribution in [2.24, 2.45) is 5.92 Å². The summed E-state index contributed by atoms with van der Waals surface area (Å²) in [6.45, 7) is 3.57. The molecule has 3 heteroatoms. The highest BCUT2D eigenvalue weighted by atomic mass is 16.5. The van der Waals surface area contributed by atoms with E-state index in [0.717, 1.165) is 32.0 Å². The van der Waals surface area contributed by atoms with Gasteiger partial charge in [0, 0.05) is 6.61 Å². The van der Waals surface area contributed by atoms with E-state index in [1.165, 1.54) is 19.3 Å². The summed E-state index contributed by atoms with van der Waals surface area (Å²) in [5.74, 6) is 1.03. The van der Waals surface area contributed by atoms with Gasteiger partial charge in [-0.05, 0) is 31.8 Å². The van der Waals surface area contributed by atoms with Crippen molar-refractivity contribution in [2.75, 3.05) is 32.9 Å².